The fourth-order valence-corrected chi connectivity index (χ4v) is 3.48. The molecule has 0 atom stereocenters. The molecule has 0 radical (unpaired) electrons. The van der Waals surface area contributed by atoms with Gasteiger partial charge in [-0.05, 0) is 50.2 Å². The maximum Gasteiger partial charge on any atom is 0.257 e. The second kappa shape index (κ2) is 7.47. The van der Waals surface area contributed by atoms with Gasteiger partial charge < -0.3 is 5.32 Å². The number of anilines is 1. The lowest BCUT2D eigenvalue weighted by molar-refractivity contribution is 0.102. The van der Waals surface area contributed by atoms with E-state index in [4.69, 9.17) is 11.6 Å². The molecule has 0 bridgehead atoms. The van der Waals surface area contributed by atoms with Crippen LogP contribution in [-0.4, -0.2) is 20.4 Å². The number of halogens is 3. The standard InChI is InChI=1S/C16H15ClF2N2O3S/c1-9(2)21-25(23,24)11-5-3-10(4-6-11)20-16(22)12-7-14(18)15(19)8-13(12)17/h3-9,21H,1-2H3,(H,20,22). The van der Waals surface area contributed by atoms with Crippen molar-refractivity contribution in [2.75, 3.05) is 5.32 Å². The Balaban J connectivity index is 2.19. The van der Waals surface area contributed by atoms with E-state index < -0.39 is 27.6 Å². The van der Waals surface area contributed by atoms with Crippen molar-refractivity contribution in [3.8, 4) is 0 Å². The highest BCUT2D eigenvalue weighted by Crippen LogP contribution is 2.22. The van der Waals surface area contributed by atoms with Crippen molar-refractivity contribution in [2.24, 2.45) is 0 Å². The molecule has 0 saturated heterocycles. The first-order valence-electron chi connectivity index (χ1n) is 7.18. The van der Waals surface area contributed by atoms with Gasteiger partial charge in [-0.25, -0.2) is 21.9 Å². The zero-order chi connectivity index (χ0) is 18.8. The van der Waals surface area contributed by atoms with Gasteiger partial charge >= 0.3 is 0 Å². The molecule has 2 rings (SSSR count). The van der Waals surface area contributed by atoms with E-state index in [1.54, 1.807) is 13.8 Å². The fraction of sp³-hybridized carbons (Fsp3) is 0.188. The van der Waals surface area contributed by atoms with Crippen molar-refractivity contribution in [3.05, 3.63) is 58.6 Å². The Hall–Kier alpha value is -2.03. The van der Waals surface area contributed by atoms with E-state index in [9.17, 15) is 22.0 Å². The van der Waals surface area contributed by atoms with Crippen LogP contribution >= 0.6 is 11.6 Å². The highest BCUT2D eigenvalue weighted by Gasteiger charge is 2.17. The Bertz CT molecular complexity index is 900. The molecule has 0 fully saturated rings. The van der Waals surface area contributed by atoms with Gasteiger partial charge in [-0.2, -0.15) is 0 Å². The summed E-state index contributed by atoms with van der Waals surface area (Å²) in [6.07, 6.45) is 0. The van der Waals surface area contributed by atoms with E-state index >= 15 is 0 Å². The summed E-state index contributed by atoms with van der Waals surface area (Å²) in [5.41, 5.74) is 0.0352. The molecule has 2 aromatic rings. The van der Waals surface area contributed by atoms with Crippen LogP contribution in [0.4, 0.5) is 14.5 Å². The lowest BCUT2D eigenvalue weighted by Gasteiger charge is -2.11. The van der Waals surface area contributed by atoms with Gasteiger partial charge in [0.15, 0.2) is 11.6 Å². The maximum atomic E-state index is 13.3. The Morgan fingerprint density at radius 3 is 2.20 bits per heavy atom. The molecule has 1 amide bonds. The Labute approximate surface area is 149 Å². The molecule has 0 aliphatic heterocycles. The van der Waals surface area contributed by atoms with Gasteiger partial charge in [-0.3, -0.25) is 4.79 Å². The topological polar surface area (TPSA) is 75.3 Å². The molecule has 5 nitrogen and oxygen atoms in total. The van der Waals surface area contributed by atoms with Crippen molar-refractivity contribution < 1.29 is 22.0 Å². The van der Waals surface area contributed by atoms with E-state index in [0.717, 1.165) is 0 Å². The van der Waals surface area contributed by atoms with Gasteiger partial charge in [-0.1, -0.05) is 11.6 Å². The third-order valence-electron chi connectivity index (χ3n) is 3.07. The van der Waals surface area contributed by atoms with Crippen LogP contribution in [0.3, 0.4) is 0 Å². The second-order valence-electron chi connectivity index (χ2n) is 5.50. The summed E-state index contributed by atoms with van der Waals surface area (Å²) in [7, 11) is -3.65. The summed E-state index contributed by atoms with van der Waals surface area (Å²) in [5.74, 6) is -3.11. The predicted molar refractivity (Wildman–Crippen MR) is 91.2 cm³/mol. The number of hydrogen-bond acceptors (Lipinski definition) is 3. The van der Waals surface area contributed by atoms with Gasteiger partial charge in [-0.15, -0.1) is 0 Å². The monoisotopic (exact) mass is 388 g/mol. The third kappa shape index (κ3) is 4.75. The van der Waals surface area contributed by atoms with Crippen molar-refractivity contribution in [1.82, 2.24) is 4.72 Å². The molecule has 9 heteroatoms. The van der Waals surface area contributed by atoms with Crippen LogP contribution in [0.15, 0.2) is 41.3 Å². The second-order valence-corrected chi connectivity index (χ2v) is 7.62. The van der Waals surface area contributed by atoms with E-state index in [1.165, 1.54) is 24.3 Å². The molecule has 25 heavy (non-hydrogen) atoms. The minimum Gasteiger partial charge on any atom is -0.322 e. The quantitative estimate of drug-likeness (QED) is 0.769. The van der Waals surface area contributed by atoms with E-state index in [1.807, 2.05) is 0 Å². The molecule has 0 unspecified atom stereocenters. The van der Waals surface area contributed by atoms with Gasteiger partial charge in [0.2, 0.25) is 10.0 Å². The zero-order valence-corrected chi connectivity index (χ0v) is 14.9. The molecule has 0 aliphatic carbocycles. The van der Waals surface area contributed by atoms with Crippen molar-refractivity contribution in [1.29, 1.82) is 0 Å². The number of carbonyl (C=O) groups is 1. The van der Waals surface area contributed by atoms with Gasteiger partial charge in [0.05, 0.1) is 15.5 Å². The first-order chi connectivity index (χ1) is 11.6. The van der Waals surface area contributed by atoms with E-state index in [0.29, 0.717) is 12.1 Å². The minimum absolute atomic E-state index is 0.0325. The summed E-state index contributed by atoms with van der Waals surface area (Å²) in [6.45, 7) is 3.38. The molecular formula is C16H15ClF2N2O3S. The van der Waals surface area contributed by atoms with E-state index in [2.05, 4.69) is 10.0 Å². The first kappa shape index (κ1) is 19.3. The normalized spacial score (nSPS) is 11.6. The predicted octanol–water partition coefficient (Wildman–Crippen LogP) is 3.56. The van der Waals surface area contributed by atoms with Crippen LogP contribution in [0, 0.1) is 11.6 Å². The number of benzene rings is 2. The molecule has 0 aromatic heterocycles. The van der Waals surface area contributed by atoms with Crippen LogP contribution in [0.1, 0.15) is 24.2 Å². The minimum atomic E-state index is -3.65. The van der Waals surface area contributed by atoms with Gasteiger partial charge in [0.25, 0.3) is 5.91 Å². The Morgan fingerprint density at radius 1 is 1.08 bits per heavy atom. The summed E-state index contributed by atoms with van der Waals surface area (Å²) < 4.78 is 52.8. The molecular weight excluding hydrogens is 374 g/mol. The number of amides is 1. The number of hydrogen-bond donors (Lipinski definition) is 2. The lowest BCUT2D eigenvalue weighted by Crippen LogP contribution is -2.30. The van der Waals surface area contributed by atoms with Crippen molar-refractivity contribution in [2.45, 2.75) is 24.8 Å². The Kier molecular flexibility index (Phi) is 5.76. The fourth-order valence-electron chi connectivity index (χ4n) is 1.99. The summed E-state index contributed by atoms with van der Waals surface area (Å²) in [6, 6.07) is 6.51. The van der Waals surface area contributed by atoms with Crippen LogP contribution in [0.25, 0.3) is 0 Å². The molecule has 0 heterocycles. The zero-order valence-electron chi connectivity index (χ0n) is 13.3. The molecule has 0 saturated carbocycles. The smallest absolute Gasteiger partial charge is 0.257 e. The first-order valence-corrected chi connectivity index (χ1v) is 9.04. The number of rotatable bonds is 5. The van der Waals surface area contributed by atoms with Crippen molar-refractivity contribution >= 4 is 33.2 Å². The summed E-state index contributed by atoms with van der Waals surface area (Å²) >= 11 is 5.74. The molecule has 2 aromatic carbocycles. The largest absolute Gasteiger partial charge is 0.322 e. The SMILES string of the molecule is CC(C)NS(=O)(=O)c1ccc(NC(=O)c2cc(F)c(F)cc2Cl)cc1. The Morgan fingerprint density at radius 2 is 1.64 bits per heavy atom. The number of nitrogens with one attached hydrogen (secondary N) is 2. The van der Waals surface area contributed by atoms with E-state index in [-0.39, 0.29) is 27.2 Å². The summed E-state index contributed by atoms with van der Waals surface area (Å²) in [4.78, 5) is 12.1. The molecule has 0 aliphatic rings. The average Bonchev–Trinajstić information content (AvgIpc) is 2.50. The lowest BCUT2D eigenvalue weighted by atomic mass is 10.2. The highest BCUT2D eigenvalue weighted by atomic mass is 35.5. The molecule has 0 spiro atoms. The average molecular weight is 389 g/mol. The maximum absolute atomic E-state index is 13.3. The summed E-state index contributed by atoms with van der Waals surface area (Å²) in [5, 5.41) is 2.20. The highest BCUT2D eigenvalue weighted by molar-refractivity contribution is 7.89. The van der Waals surface area contributed by atoms with Gasteiger partial charge in [0, 0.05) is 11.7 Å². The van der Waals surface area contributed by atoms with Gasteiger partial charge in [0.1, 0.15) is 0 Å². The van der Waals surface area contributed by atoms with Crippen LogP contribution < -0.4 is 10.0 Å². The number of sulfonamides is 1. The van der Waals surface area contributed by atoms with Crippen LogP contribution in [0.2, 0.25) is 5.02 Å². The van der Waals surface area contributed by atoms with Crippen LogP contribution in [-0.2, 0) is 10.0 Å². The van der Waals surface area contributed by atoms with Crippen molar-refractivity contribution in [3.63, 3.8) is 0 Å². The molecule has 2 N–H and O–H groups in total. The number of carbonyl (C=O) groups excluding carboxylic acids is 1. The van der Waals surface area contributed by atoms with Crippen LogP contribution in [0.5, 0.6) is 0 Å². The molecule has 134 valence electrons. The third-order valence-corrected chi connectivity index (χ3v) is 5.06.